The quantitative estimate of drug-likeness (QED) is 0.909. The molecule has 6 nitrogen and oxygen atoms in total. The molecule has 0 spiro atoms. The van der Waals surface area contributed by atoms with Crippen LogP contribution in [0.25, 0.3) is 0 Å². The number of benzene rings is 1. The zero-order valence-electron chi connectivity index (χ0n) is 12.1. The molecule has 1 heterocycles. The van der Waals surface area contributed by atoms with Gasteiger partial charge >= 0.3 is 0 Å². The second-order valence-corrected chi connectivity index (χ2v) is 4.87. The number of nitrogen functional groups attached to an aromatic ring is 1. The van der Waals surface area contributed by atoms with E-state index in [4.69, 9.17) is 22.1 Å². The summed E-state index contributed by atoms with van der Waals surface area (Å²) in [6.07, 6.45) is 0. The van der Waals surface area contributed by atoms with Crippen LogP contribution in [0.3, 0.4) is 0 Å². The molecule has 0 saturated heterocycles. The van der Waals surface area contributed by atoms with Crippen molar-refractivity contribution in [3.05, 3.63) is 34.6 Å². The Bertz CT molecular complexity index is 682. The van der Waals surface area contributed by atoms with Gasteiger partial charge in [-0.25, -0.2) is 0 Å². The summed E-state index contributed by atoms with van der Waals surface area (Å²) in [6, 6.07) is 5.01. The summed E-state index contributed by atoms with van der Waals surface area (Å²) >= 11 is 6.03. The van der Waals surface area contributed by atoms with Crippen molar-refractivity contribution < 1.29 is 9.53 Å². The van der Waals surface area contributed by atoms with Crippen LogP contribution in [0, 0.1) is 6.92 Å². The predicted octanol–water partition coefficient (Wildman–Crippen LogP) is 2.71. The Balaban J connectivity index is 2.28. The topological polar surface area (TPSA) is 82.2 Å². The maximum Gasteiger partial charge on any atom is 0.276 e. The number of aryl methyl sites for hydroxylation is 2. The van der Waals surface area contributed by atoms with Crippen molar-refractivity contribution >= 4 is 28.9 Å². The number of nitrogens with one attached hydrogen (secondary N) is 1. The number of anilines is 2. The fourth-order valence-electron chi connectivity index (χ4n) is 2.00. The summed E-state index contributed by atoms with van der Waals surface area (Å²) in [5, 5.41) is 7.40. The van der Waals surface area contributed by atoms with E-state index in [1.807, 2.05) is 6.92 Å². The zero-order valence-corrected chi connectivity index (χ0v) is 12.9. The Kier molecular flexibility index (Phi) is 4.37. The minimum absolute atomic E-state index is 0.323. The molecule has 0 radical (unpaired) electrons. The van der Waals surface area contributed by atoms with E-state index in [9.17, 15) is 4.79 Å². The second kappa shape index (κ2) is 6.05. The fraction of sp³-hybridized carbons (Fsp3) is 0.286. The molecule has 3 N–H and O–H groups in total. The van der Waals surface area contributed by atoms with Crippen molar-refractivity contribution in [3.63, 3.8) is 0 Å². The second-order valence-electron chi connectivity index (χ2n) is 4.47. The van der Waals surface area contributed by atoms with Crippen molar-refractivity contribution in [3.8, 4) is 5.75 Å². The highest BCUT2D eigenvalue weighted by molar-refractivity contribution is 6.32. The third-order valence-electron chi connectivity index (χ3n) is 3.10. The van der Waals surface area contributed by atoms with E-state index in [0.29, 0.717) is 40.1 Å². The third-order valence-corrected chi connectivity index (χ3v) is 3.39. The number of hydrogen-bond acceptors (Lipinski definition) is 4. The van der Waals surface area contributed by atoms with Crippen molar-refractivity contribution in [1.29, 1.82) is 0 Å². The summed E-state index contributed by atoms with van der Waals surface area (Å²) < 4.78 is 6.64. The van der Waals surface area contributed by atoms with Crippen LogP contribution in [-0.2, 0) is 6.54 Å². The molecule has 0 aliphatic carbocycles. The van der Waals surface area contributed by atoms with Crippen LogP contribution in [0.15, 0.2) is 18.2 Å². The Morgan fingerprint density at radius 2 is 2.24 bits per heavy atom. The van der Waals surface area contributed by atoms with E-state index in [2.05, 4.69) is 10.4 Å². The SMILES string of the molecule is CCn1nc(C)c(N)c1C(=O)Nc1ccc(OC)c(Cl)c1. The molecule has 2 rings (SSSR count). The first-order valence-electron chi connectivity index (χ1n) is 6.45. The molecule has 0 fully saturated rings. The van der Waals surface area contributed by atoms with Gasteiger partial charge < -0.3 is 15.8 Å². The lowest BCUT2D eigenvalue weighted by atomic mass is 10.2. The minimum Gasteiger partial charge on any atom is -0.495 e. The summed E-state index contributed by atoms with van der Waals surface area (Å²) in [5.41, 5.74) is 7.85. The number of carbonyl (C=O) groups is 1. The van der Waals surface area contributed by atoms with E-state index in [1.54, 1.807) is 29.8 Å². The van der Waals surface area contributed by atoms with Crippen molar-refractivity contribution in [2.24, 2.45) is 0 Å². The van der Waals surface area contributed by atoms with Gasteiger partial charge in [0, 0.05) is 12.2 Å². The predicted molar refractivity (Wildman–Crippen MR) is 83.0 cm³/mol. The number of nitrogens with zero attached hydrogens (tertiary/aromatic N) is 2. The van der Waals surface area contributed by atoms with Gasteiger partial charge in [-0.2, -0.15) is 5.10 Å². The van der Waals surface area contributed by atoms with Crippen molar-refractivity contribution in [2.75, 3.05) is 18.2 Å². The lowest BCUT2D eigenvalue weighted by molar-refractivity contribution is 0.101. The van der Waals surface area contributed by atoms with Crippen LogP contribution < -0.4 is 15.8 Å². The Morgan fingerprint density at radius 1 is 1.52 bits per heavy atom. The normalized spacial score (nSPS) is 10.5. The van der Waals surface area contributed by atoms with E-state index < -0.39 is 0 Å². The smallest absolute Gasteiger partial charge is 0.276 e. The molecule has 0 aliphatic heterocycles. The summed E-state index contributed by atoms with van der Waals surface area (Å²) in [7, 11) is 1.53. The number of ether oxygens (including phenoxy) is 1. The minimum atomic E-state index is -0.323. The highest BCUT2D eigenvalue weighted by atomic mass is 35.5. The number of hydrogen-bond donors (Lipinski definition) is 2. The molecule has 112 valence electrons. The van der Waals surface area contributed by atoms with Gasteiger partial charge in [-0.05, 0) is 32.0 Å². The van der Waals surface area contributed by atoms with E-state index in [1.165, 1.54) is 7.11 Å². The van der Waals surface area contributed by atoms with Crippen molar-refractivity contribution in [2.45, 2.75) is 20.4 Å². The van der Waals surface area contributed by atoms with Gasteiger partial charge in [-0.3, -0.25) is 9.48 Å². The number of nitrogens with two attached hydrogens (primary N) is 1. The molecule has 0 saturated carbocycles. The molecule has 0 aliphatic rings. The molecule has 2 aromatic rings. The molecule has 1 aromatic heterocycles. The molecule has 0 atom stereocenters. The van der Waals surface area contributed by atoms with E-state index in [-0.39, 0.29) is 5.91 Å². The number of methoxy groups -OCH3 is 1. The van der Waals surface area contributed by atoms with Crippen LogP contribution in [0.4, 0.5) is 11.4 Å². The molecular weight excluding hydrogens is 292 g/mol. The Morgan fingerprint density at radius 3 is 2.81 bits per heavy atom. The summed E-state index contributed by atoms with van der Waals surface area (Å²) in [4.78, 5) is 12.4. The molecule has 0 bridgehead atoms. The van der Waals surface area contributed by atoms with Crippen LogP contribution in [-0.4, -0.2) is 22.8 Å². The highest BCUT2D eigenvalue weighted by Gasteiger charge is 2.19. The fourth-order valence-corrected chi connectivity index (χ4v) is 2.26. The van der Waals surface area contributed by atoms with Gasteiger partial charge in [0.15, 0.2) is 0 Å². The number of rotatable bonds is 4. The van der Waals surface area contributed by atoms with Gasteiger partial charge in [0.05, 0.1) is 23.5 Å². The lowest BCUT2D eigenvalue weighted by Crippen LogP contribution is -2.18. The standard InChI is InChI=1S/C14H17ClN4O2/c1-4-19-13(12(16)8(2)18-19)14(20)17-9-5-6-11(21-3)10(15)7-9/h5-7H,4,16H2,1-3H3,(H,17,20). The first-order chi connectivity index (χ1) is 9.97. The van der Waals surface area contributed by atoms with E-state index >= 15 is 0 Å². The number of carbonyl (C=O) groups excluding carboxylic acids is 1. The van der Waals surface area contributed by atoms with Gasteiger partial charge in [0.1, 0.15) is 11.4 Å². The van der Waals surface area contributed by atoms with Gasteiger partial charge in [0.2, 0.25) is 0 Å². The largest absolute Gasteiger partial charge is 0.495 e. The first kappa shape index (κ1) is 15.2. The summed E-state index contributed by atoms with van der Waals surface area (Å²) in [5.74, 6) is 0.222. The molecule has 1 amide bonds. The maximum atomic E-state index is 12.4. The number of amides is 1. The van der Waals surface area contributed by atoms with Gasteiger partial charge in [-0.15, -0.1) is 0 Å². The Hall–Kier alpha value is -2.21. The monoisotopic (exact) mass is 308 g/mol. The maximum absolute atomic E-state index is 12.4. The average molecular weight is 309 g/mol. The summed E-state index contributed by atoms with van der Waals surface area (Å²) in [6.45, 7) is 4.22. The lowest BCUT2D eigenvalue weighted by Gasteiger charge is -2.09. The van der Waals surface area contributed by atoms with Crippen molar-refractivity contribution in [1.82, 2.24) is 9.78 Å². The van der Waals surface area contributed by atoms with Gasteiger partial charge in [0.25, 0.3) is 5.91 Å². The molecule has 0 unspecified atom stereocenters. The average Bonchev–Trinajstić information content (AvgIpc) is 2.74. The number of halogens is 1. The Labute approximate surface area is 127 Å². The molecule has 7 heteroatoms. The van der Waals surface area contributed by atoms with E-state index in [0.717, 1.165) is 0 Å². The van der Waals surface area contributed by atoms with Crippen LogP contribution in [0.1, 0.15) is 23.1 Å². The van der Waals surface area contributed by atoms with Crippen LogP contribution >= 0.6 is 11.6 Å². The molecule has 1 aromatic carbocycles. The van der Waals surface area contributed by atoms with Crippen LogP contribution in [0.2, 0.25) is 5.02 Å². The molecular formula is C14H17ClN4O2. The first-order valence-corrected chi connectivity index (χ1v) is 6.83. The molecule has 21 heavy (non-hydrogen) atoms. The number of aromatic nitrogens is 2. The van der Waals surface area contributed by atoms with Crippen LogP contribution in [0.5, 0.6) is 5.75 Å². The third kappa shape index (κ3) is 2.95. The zero-order chi connectivity index (χ0) is 15.6. The van der Waals surface area contributed by atoms with Gasteiger partial charge in [-0.1, -0.05) is 11.6 Å². The highest BCUT2D eigenvalue weighted by Crippen LogP contribution is 2.27.